The molecule has 2 aromatic carbocycles. The molecular formula is C25H25ClN4O3. The molecule has 1 saturated heterocycles. The molecule has 5 rings (SSSR count). The molecule has 1 aliphatic rings. The molecule has 0 spiro atoms. The number of halogens is 1. The van der Waals surface area contributed by atoms with Crippen molar-refractivity contribution in [1.82, 2.24) is 14.4 Å². The van der Waals surface area contributed by atoms with Gasteiger partial charge >= 0.3 is 0 Å². The number of hydrogen-bond acceptors (Lipinski definition) is 6. The lowest BCUT2D eigenvalue weighted by Gasteiger charge is -2.39. The van der Waals surface area contributed by atoms with Gasteiger partial charge in [0.15, 0.2) is 11.5 Å². The lowest BCUT2D eigenvalue weighted by molar-refractivity contribution is 0.0115. The zero-order chi connectivity index (χ0) is 23.0. The number of benzene rings is 2. The van der Waals surface area contributed by atoms with Gasteiger partial charge in [-0.05, 0) is 48.7 Å². The number of aliphatic hydroxyl groups is 1. The van der Waals surface area contributed by atoms with Crippen molar-refractivity contribution in [2.24, 2.45) is 0 Å². The number of hydrogen-bond donors (Lipinski definition) is 1. The maximum Gasteiger partial charge on any atom is 0.211 e. The van der Waals surface area contributed by atoms with E-state index in [1.807, 2.05) is 59.1 Å². The Morgan fingerprint density at radius 2 is 1.70 bits per heavy atom. The molecule has 0 atom stereocenters. The van der Waals surface area contributed by atoms with Crippen molar-refractivity contribution in [1.29, 1.82) is 0 Å². The van der Waals surface area contributed by atoms with Crippen molar-refractivity contribution >= 4 is 23.2 Å². The minimum absolute atomic E-state index is 0.590. The molecule has 8 heteroatoms. The van der Waals surface area contributed by atoms with Gasteiger partial charge in [0.25, 0.3) is 0 Å². The van der Waals surface area contributed by atoms with Gasteiger partial charge < -0.3 is 19.5 Å². The molecule has 1 aliphatic heterocycles. The lowest BCUT2D eigenvalue weighted by Crippen LogP contribution is -2.43. The van der Waals surface area contributed by atoms with E-state index < -0.39 is 5.60 Å². The third-order valence-electron chi connectivity index (χ3n) is 6.31. The van der Waals surface area contributed by atoms with Gasteiger partial charge in [-0.15, -0.1) is 0 Å². The van der Waals surface area contributed by atoms with E-state index in [1.54, 1.807) is 20.4 Å². The molecule has 1 fully saturated rings. The smallest absolute Gasteiger partial charge is 0.211 e. The highest BCUT2D eigenvalue weighted by atomic mass is 35.5. The van der Waals surface area contributed by atoms with Crippen molar-refractivity contribution in [2.75, 3.05) is 32.2 Å². The summed E-state index contributed by atoms with van der Waals surface area (Å²) in [6.07, 6.45) is 4.86. The number of nitrogens with zero attached hydrogens (tertiary/aromatic N) is 4. The average Bonchev–Trinajstić information content (AvgIpc) is 3.33. The second-order valence-electron chi connectivity index (χ2n) is 8.19. The SMILES string of the molecule is COc1ccc(-c2cc3nccn3c(N3CCC(O)(c4ccc(Cl)cc4)CC3)n2)cc1OC. The molecule has 0 bridgehead atoms. The third-order valence-corrected chi connectivity index (χ3v) is 6.56. The fourth-order valence-electron chi connectivity index (χ4n) is 4.40. The minimum atomic E-state index is -0.879. The second-order valence-corrected chi connectivity index (χ2v) is 8.63. The summed E-state index contributed by atoms with van der Waals surface area (Å²) < 4.78 is 12.8. The van der Waals surface area contributed by atoms with E-state index in [1.165, 1.54) is 0 Å². The van der Waals surface area contributed by atoms with E-state index in [9.17, 15) is 5.11 Å². The molecule has 2 aromatic heterocycles. The summed E-state index contributed by atoms with van der Waals surface area (Å²) in [7, 11) is 3.24. The average molecular weight is 465 g/mol. The number of piperidine rings is 1. The molecule has 0 radical (unpaired) electrons. The van der Waals surface area contributed by atoms with Gasteiger partial charge in [0, 0.05) is 42.1 Å². The van der Waals surface area contributed by atoms with Crippen LogP contribution in [0.1, 0.15) is 18.4 Å². The molecule has 1 N–H and O–H groups in total. The first kappa shape index (κ1) is 21.6. The first-order valence-corrected chi connectivity index (χ1v) is 11.2. The second kappa shape index (κ2) is 8.57. The molecule has 7 nitrogen and oxygen atoms in total. The van der Waals surface area contributed by atoms with Crippen LogP contribution >= 0.6 is 11.6 Å². The Morgan fingerprint density at radius 1 is 0.970 bits per heavy atom. The predicted molar refractivity (Wildman–Crippen MR) is 128 cm³/mol. The van der Waals surface area contributed by atoms with Crippen LogP contribution in [0.2, 0.25) is 5.02 Å². The van der Waals surface area contributed by atoms with Gasteiger partial charge in [-0.25, -0.2) is 9.97 Å². The highest BCUT2D eigenvalue weighted by Gasteiger charge is 2.35. The Bertz CT molecular complexity index is 1280. The molecule has 0 unspecified atom stereocenters. The number of ether oxygens (including phenoxy) is 2. The van der Waals surface area contributed by atoms with Crippen LogP contribution in [-0.4, -0.2) is 46.8 Å². The number of aromatic nitrogens is 3. The largest absolute Gasteiger partial charge is 0.493 e. The highest BCUT2D eigenvalue weighted by molar-refractivity contribution is 6.30. The summed E-state index contributed by atoms with van der Waals surface area (Å²) in [4.78, 5) is 11.7. The topological polar surface area (TPSA) is 72.1 Å². The van der Waals surface area contributed by atoms with E-state index in [4.69, 9.17) is 26.1 Å². The van der Waals surface area contributed by atoms with E-state index in [-0.39, 0.29) is 0 Å². The van der Waals surface area contributed by atoms with Crippen LogP contribution in [0.15, 0.2) is 60.9 Å². The molecule has 0 saturated carbocycles. The fraction of sp³-hybridized carbons (Fsp3) is 0.280. The quantitative estimate of drug-likeness (QED) is 0.467. The van der Waals surface area contributed by atoms with Gasteiger partial charge in [-0.2, -0.15) is 0 Å². The van der Waals surface area contributed by atoms with Crippen molar-refractivity contribution in [3.63, 3.8) is 0 Å². The maximum atomic E-state index is 11.3. The minimum Gasteiger partial charge on any atom is -0.493 e. The normalized spacial score (nSPS) is 15.6. The Kier molecular flexibility index (Phi) is 5.60. The first-order chi connectivity index (χ1) is 16.0. The molecule has 0 amide bonds. The molecule has 4 aromatic rings. The predicted octanol–water partition coefficient (Wildman–Crippen LogP) is 4.55. The van der Waals surface area contributed by atoms with Crippen molar-refractivity contribution in [3.05, 3.63) is 71.5 Å². The Balaban J connectivity index is 1.47. The molecule has 170 valence electrons. The third kappa shape index (κ3) is 3.98. The van der Waals surface area contributed by atoms with Gasteiger partial charge in [-0.3, -0.25) is 4.40 Å². The number of rotatable bonds is 5. The zero-order valence-electron chi connectivity index (χ0n) is 18.5. The standard InChI is InChI=1S/C25H25ClN4O3/c1-32-21-8-3-17(15-22(21)33-2)20-16-23-27-11-14-30(23)24(28-20)29-12-9-25(31,10-13-29)18-4-6-19(26)7-5-18/h3-8,11,14-16,31H,9-10,12-13H2,1-2H3. The Morgan fingerprint density at radius 3 is 2.39 bits per heavy atom. The maximum absolute atomic E-state index is 11.3. The van der Waals surface area contributed by atoms with Crippen molar-refractivity contribution < 1.29 is 14.6 Å². The van der Waals surface area contributed by atoms with Crippen molar-refractivity contribution in [2.45, 2.75) is 18.4 Å². The summed E-state index contributed by atoms with van der Waals surface area (Å²) in [5.41, 5.74) is 2.53. The molecule has 3 heterocycles. The number of imidazole rings is 1. The highest BCUT2D eigenvalue weighted by Crippen LogP contribution is 2.36. The Labute approximate surface area is 197 Å². The monoisotopic (exact) mass is 464 g/mol. The summed E-state index contributed by atoms with van der Waals surface area (Å²) >= 11 is 6.02. The van der Waals surface area contributed by atoms with Crippen LogP contribution in [0.5, 0.6) is 11.5 Å². The first-order valence-electron chi connectivity index (χ1n) is 10.8. The van der Waals surface area contributed by atoms with Crippen LogP contribution in [0, 0.1) is 0 Å². The van der Waals surface area contributed by atoms with Crippen molar-refractivity contribution in [3.8, 4) is 22.8 Å². The van der Waals surface area contributed by atoms with Gasteiger partial charge in [0.1, 0.15) is 5.65 Å². The van der Waals surface area contributed by atoms with Gasteiger partial charge in [-0.1, -0.05) is 23.7 Å². The summed E-state index contributed by atoms with van der Waals surface area (Å²) in [6, 6.07) is 15.2. The van der Waals surface area contributed by atoms with Crippen LogP contribution in [0.25, 0.3) is 16.9 Å². The van der Waals surface area contributed by atoms with Crippen LogP contribution in [0.4, 0.5) is 5.95 Å². The lowest BCUT2D eigenvalue weighted by atomic mass is 9.84. The fourth-order valence-corrected chi connectivity index (χ4v) is 4.52. The van der Waals surface area contributed by atoms with Gasteiger partial charge in [0.05, 0.1) is 25.5 Å². The van der Waals surface area contributed by atoms with E-state index in [2.05, 4.69) is 9.88 Å². The number of fused-ring (bicyclic) bond motifs is 1. The van der Waals surface area contributed by atoms with Crippen LogP contribution in [0.3, 0.4) is 0 Å². The Hall–Kier alpha value is -3.29. The van der Waals surface area contributed by atoms with E-state index >= 15 is 0 Å². The van der Waals surface area contributed by atoms with E-state index in [0.29, 0.717) is 42.5 Å². The zero-order valence-corrected chi connectivity index (χ0v) is 19.3. The number of anilines is 1. The molecular weight excluding hydrogens is 440 g/mol. The van der Waals surface area contributed by atoms with Crippen LogP contribution < -0.4 is 14.4 Å². The van der Waals surface area contributed by atoms with Crippen LogP contribution in [-0.2, 0) is 5.60 Å². The summed E-state index contributed by atoms with van der Waals surface area (Å²) in [5, 5.41) is 11.9. The molecule has 0 aliphatic carbocycles. The summed E-state index contributed by atoms with van der Waals surface area (Å²) in [6.45, 7) is 1.32. The summed E-state index contributed by atoms with van der Waals surface area (Å²) in [5.74, 6) is 2.11. The van der Waals surface area contributed by atoms with E-state index in [0.717, 1.165) is 28.4 Å². The van der Waals surface area contributed by atoms with Gasteiger partial charge in [0.2, 0.25) is 5.95 Å². The molecule has 33 heavy (non-hydrogen) atoms. The number of methoxy groups -OCH3 is 2.